The lowest BCUT2D eigenvalue weighted by molar-refractivity contribution is -0.932. The zero-order valence-electron chi connectivity index (χ0n) is 18.8. The molecular formula is C24H33N6O+. The van der Waals surface area contributed by atoms with Gasteiger partial charge in [0.05, 0.1) is 30.2 Å². The molecule has 7 nitrogen and oxygen atoms in total. The fourth-order valence-corrected chi connectivity index (χ4v) is 5.57. The lowest BCUT2D eigenvalue weighted by atomic mass is 9.94. The lowest BCUT2D eigenvalue weighted by Crippen LogP contribution is -3.13. The van der Waals surface area contributed by atoms with Crippen LogP contribution in [0.2, 0.25) is 0 Å². The van der Waals surface area contributed by atoms with Crippen LogP contribution in [0.3, 0.4) is 0 Å². The van der Waals surface area contributed by atoms with E-state index in [1.807, 2.05) is 11.6 Å². The summed E-state index contributed by atoms with van der Waals surface area (Å²) in [5.74, 6) is 1.58. The van der Waals surface area contributed by atoms with Crippen LogP contribution in [0.1, 0.15) is 80.0 Å². The van der Waals surface area contributed by atoms with Crippen molar-refractivity contribution in [1.29, 1.82) is 0 Å². The average Bonchev–Trinajstić information content (AvgIpc) is 3.45. The maximum atomic E-state index is 13.4. The van der Waals surface area contributed by atoms with Gasteiger partial charge < -0.3 is 9.88 Å². The Morgan fingerprint density at radius 1 is 1.10 bits per heavy atom. The summed E-state index contributed by atoms with van der Waals surface area (Å²) in [4.78, 5) is 18.0. The standard InChI is InChI=1S/C24H32N6O/c1-15-10-12-29(13-11-15)22(23-26-27-28-30(23)18-6-4-5-7-18)20-14-19-16(2)8-9-17(3)21(19)25-24(20)31/h8-9,14-15,18,22H,4-7,10-13H2,1-3H3,(H,25,31)/p+1/t22-/m0/s1. The van der Waals surface area contributed by atoms with Crippen molar-refractivity contribution >= 4 is 10.9 Å². The highest BCUT2D eigenvalue weighted by molar-refractivity contribution is 5.85. The van der Waals surface area contributed by atoms with Crippen molar-refractivity contribution in [2.45, 2.75) is 71.4 Å². The van der Waals surface area contributed by atoms with E-state index < -0.39 is 0 Å². The Hall–Kier alpha value is -2.54. The molecule has 1 aliphatic heterocycles. The van der Waals surface area contributed by atoms with E-state index in [0.717, 1.165) is 59.7 Å². The molecule has 2 aliphatic rings. The topological polar surface area (TPSA) is 80.9 Å². The Balaban J connectivity index is 1.67. The maximum Gasteiger partial charge on any atom is 0.258 e. The fraction of sp³-hybridized carbons (Fsp3) is 0.583. The normalized spacial score (nSPS) is 23.5. The Labute approximate surface area is 182 Å². The van der Waals surface area contributed by atoms with Crippen LogP contribution in [-0.4, -0.2) is 38.3 Å². The predicted molar refractivity (Wildman–Crippen MR) is 120 cm³/mol. The van der Waals surface area contributed by atoms with Crippen molar-refractivity contribution in [1.82, 2.24) is 25.2 Å². The van der Waals surface area contributed by atoms with Gasteiger partial charge in [0.2, 0.25) is 5.82 Å². The van der Waals surface area contributed by atoms with Gasteiger partial charge >= 0.3 is 0 Å². The molecule has 31 heavy (non-hydrogen) atoms. The van der Waals surface area contributed by atoms with Crippen LogP contribution >= 0.6 is 0 Å². The van der Waals surface area contributed by atoms with Crippen LogP contribution in [0.5, 0.6) is 0 Å². The molecule has 2 aromatic heterocycles. The zero-order valence-corrected chi connectivity index (χ0v) is 18.8. The van der Waals surface area contributed by atoms with E-state index in [1.54, 1.807) is 0 Å². The minimum Gasteiger partial charge on any atom is -0.322 e. The number of aromatic amines is 1. The zero-order chi connectivity index (χ0) is 21.5. The van der Waals surface area contributed by atoms with Gasteiger partial charge in [-0.2, -0.15) is 0 Å². The molecule has 0 unspecified atom stereocenters. The van der Waals surface area contributed by atoms with E-state index in [2.05, 4.69) is 52.6 Å². The Kier molecular flexibility index (Phi) is 5.38. The fourth-order valence-electron chi connectivity index (χ4n) is 5.57. The molecule has 1 aromatic carbocycles. The number of tetrazole rings is 1. The molecule has 1 saturated carbocycles. The van der Waals surface area contributed by atoms with Crippen molar-refractivity contribution in [3.63, 3.8) is 0 Å². The van der Waals surface area contributed by atoms with Crippen LogP contribution in [0.4, 0.5) is 0 Å². The van der Waals surface area contributed by atoms with Crippen LogP contribution in [0.25, 0.3) is 10.9 Å². The highest BCUT2D eigenvalue weighted by atomic mass is 16.1. The minimum absolute atomic E-state index is 0.0155. The molecule has 0 amide bonds. The van der Waals surface area contributed by atoms with Gasteiger partial charge in [-0.25, -0.2) is 4.68 Å². The van der Waals surface area contributed by atoms with E-state index in [-0.39, 0.29) is 11.6 Å². The summed E-state index contributed by atoms with van der Waals surface area (Å²) in [6.45, 7) is 8.55. The number of nitrogens with zero attached hydrogens (tertiary/aromatic N) is 4. The number of rotatable bonds is 4. The number of hydrogen-bond donors (Lipinski definition) is 2. The summed E-state index contributed by atoms with van der Waals surface area (Å²) in [5.41, 5.74) is 3.98. The van der Waals surface area contributed by atoms with Crippen LogP contribution < -0.4 is 10.5 Å². The number of aromatic nitrogens is 5. The number of fused-ring (bicyclic) bond motifs is 1. The Morgan fingerprint density at radius 2 is 1.81 bits per heavy atom. The molecule has 1 saturated heterocycles. The molecule has 2 fully saturated rings. The molecule has 2 N–H and O–H groups in total. The third-order valence-corrected chi connectivity index (χ3v) is 7.56. The number of nitrogens with one attached hydrogen (secondary N) is 2. The van der Waals surface area contributed by atoms with E-state index in [1.165, 1.54) is 36.1 Å². The number of hydrogen-bond acceptors (Lipinski definition) is 4. The second kappa shape index (κ2) is 8.19. The molecule has 1 aliphatic carbocycles. The highest BCUT2D eigenvalue weighted by Gasteiger charge is 2.37. The molecule has 3 heterocycles. The molecule has 0 radical (unpaired) electrons. The first kappa shape index (κ1) is 20.4. The van der Waals surface area contributed by atoms with Gasteiger partial charge in [0.15, 0.2) is 6.04 Å². The van der Waals surface area contributed by atoms with Gasteiger partial charge in [-0.3, -0.25) is 4.79 Å². The third kappa shape index (κ3) is 3.69. The quantitative estimate of drug-likeness (QED) is 0.679. The van der Waals surface area contributed by atoms with E-state index >= 15 is 0 Å². The Bertz CT molecular complexity index is 1130. The first-order chi connectivity index (χ1) is 15.0. The SMILES string of the molecule is Cc1ccc(C)c2[nH]c(=O)c([C@@H](c3nnnn3C3CCCC3)[NH+]3CCC(C)CC3)cc12. The lowest BCUT2D eigenvalue weighted by Gasteiger charge is -2.33. The van der Waals surface area contributed by atoms with Crippen molar-refractivity contribution in [2.75, 3.05) is 13.1 Å². The van der Waals surface area contributed by atoms with Crippen LogP contribution in [0, 0.1) is 19.8 Å². The first-order valence-corrected chi connectivity index (χ1v) is 11.8. The summed E-state index contributed by atoms with van der Waals surface area (Å²) in [5, 5.41) is 14.1. The van der Waals surface area contributed by atoms with Gasteiger partial charge in [-0.1, -0.05) is 31.9 Å². The van der Waals surface area contributed by atoms with Gasteiger partial charge in [-0.05, 0) is 73.1 Å². The van der Waals surface area contributed by atoms with Crippen LogP contribution in [0.15, 0.2) is 23.0 Å². The molecule has 7 heteroatoms. The van der Waals surface area contributed by atoms with Crippen molar-refractivity contribution in [3.05, 3.63) is 51.1 Å². The Morgan fingerprint density at radius 3 is 2.55 bits per heavy atom. The number of pyridine rings is 1. The van der Waals surface area contributed by atoms with Crippen molar-refractivity contribution in [2.24, 2.45) is 5.92 Å². The minimum atomic E-state index is -0.142. The largest absolute Gasteiger partial charge is 0.322 e. The summed E-state index contributed by atoms with van der Waals surface area (Å²) < 4.78 is 2.04. The number of aryl methyl sites for hydroxylation is 2. The van der Waals surface area contributed by atoms with Crippen LogP contribution in [-0.2, 0) is 0 Å². The summed E-state index contributed by atoms with van der Waals surface area (Å²) >= 11 is 0. The molecule has 0 bridgehead atoms. The first-order valence-electron chi connectivity index (χ1n) is 11.8. The number of quaternary nitrogens is 1. The molecule has 3 aromatic rings. The second-order valence-corrected chi connectivity index (χ2v) is 9.74. The maximum absolute atomic E-state index is 13.4. The number of piperidine rings is 1. The van der Waals surface area contributed by atoms with Gasteiger partial charge in [0.1, 0.15) is 0 Å². The van der Waals surface area contributed by atoms with E-state index in [0.29, 0.717) is 6.04 Å². The van der Waals surface area contributed by atoms with Gasteiger partial charge in [-0.15, -0.1) is 5.10 Å². The van der Waals surface area contributed by atoms with E-state index in [4.69, 9.17) is 0 Å². The van der Waals surface area contributed by atoms with Crippen molar-refractivity contribution in [3.8, 4) is 0 Å². The monoisotopic (exact) mass is 421 g/mol. The summed E-state index contributed by atoms with van der Waals surface area (Å²) in [6, 6.07) is 6.52. The molecule has 1 atom stereocenters. The molecule has 164 valence electrons. The smallest absolute Gasteiger partial charge is 0.258 e. The average molecular weight is 422 g/mol. The number of H-pyrrole nitrogens is 1. The second-order valence-electron chi connectivity index (χ2n) is 9.74. The highest BCUT2D eigenvalue weighted by Crippen LogP contribution is 2.31. The van der Waals surface area contributed by atoms with Gasteiger partial charge in [0.25, 0.3) is 5.56 Å². The van der Waals surface area contributed by atoms with E-state index in [9.17, 15) is 4.79 Å². The number of benzene rings is 1. The summed E-state index contributed by atoms with van der Waals surface area (Å²) in [7, 11) is 0. The summed E-state index contributed by atoms with van der Waals surface area (Å²) in [6.07, 6.45) is 7.00. The molecular weight excluding hydrogens is 388 g/mol. The number of likely N-dealkylation sites (tertiary alicyclic amines) is 1. The molecule has 5 rings (SSSR count). The van der Waals surface area contributed by atoms with Gasteiger partial charge in [0, 0.05) is 5.39 Å². The third-order valence-electron chi connectivity index (χ3n) is 7.56. The van der Waals surface area contributed by atoms with Crippen molar-refractivity contribution < 1.29 is 4.90 Å². The predicted octanol–water partition coefficient (Wildman–Crippen LogP) is 2.65. The molecule has 0 spiro atoms.